The van der Waals surface area contributed by atoms with Gasteiger partial charge in [0.15, 0.2) is 0 Å². The minimum absolute atomic E-state index is 0.0347. The zero-order valence-corrected chi connectivity index (χ0v) is 12.8. The molecule has 0 amide bonds. The molecule has 0 spiro atoms. The SMILES string of the molecule is COc1ccc([N+](=O)[O-])cc1CNc1nc2ccccc2c(=O)[nH]1. The predicted molar refractivity (Wildman–Crippen MR) is 89.3 cm³/mol. The summed E-state index contributed by atoms with van der Waals surface area (Å²) >= 11 is 0. The Morgan fingerprint density at radius 3 is 2.83 bits per heavy atom. The predicted octanol–water partition coefficient (Wildman–Crippen LogP) is 2.45. The van der Waals surface area contributed by atoms with Crippen LogP contribution < -0.4 is 15.6 Å². The number of aromatic nitrogens is 2. The number of hydrogen-bond donors (Lipinski definition) is 2. The van der Waals surface area contributed by atoms with Gasteiger partial charge < -0.3 is 10.1 Å². The number of hydrogen-bond acceptors (Lipinski definition) is 6. The number of H-pyrrole nitrogens is 1. The van der Waals surface area contributed by atoms with E-state index in [2.05, 4.69) is 15.3 Å². The number of rotatable bonds is 5. The van der Waals surface area contributed by atoms with Crippen LogP contribution in [-0.2, 0) is 6.54 Å². The van der Waals surface area contributed by atoms with Gasteiger partial charge in [-0.25, -0.2) is 4.98 Å². The van der Waals surface area contributed by atoms with Gasteiger partial charge in [-0.05, 0) is 18.2 Å². The summed E-state index contributed by atoms with van der Waals surface area (Å²) in [5.74, 6) is 0.795. The highest BCUT2D eigenvalue weighted by molar-refractivity contribution is 5.78. The zero-order valence-electron chi connectivity index (χ0n) is 12.8. The number of methoxy groups -OCH3 is 1. The number of ether oxygens (including phenoxy) is 1. The van der Waals surface area contributed by atoms with E-state index in [-0.39, 0.29) is 23.7 Å². The second kappa shape index (κ2) is 6.37. The average molecular weight is 326 g/mol. The summed E-state index contributed by atoms with van der Waals surface area (Å²) in [6.45, 7) is 0.214. The molecule has 3 aromatic rings. The van der Waals surface area contributed by atoms with Crippen molar-refractivity contribution in [1.82, 2.24) is 9.97 Å². The Morgan fingerprint density at radius 2 is 2.08 bits per heavy atom. The molecular formula is C16H14N4O4. The van der Waals surface area contributed by atoms with Crippen molar-refractivity contribution in [2.75, 3.05) is 12.4 Å². The third kappa shape index (κ3) is 3.02. The largest absolute Gasteiger partial charge is 0.496 e. The average Bonchev–Trinajstić information content (AvgIpc) is 2.59. The second-order valence-corrected chi connectivity index (χ2v) is 5.04. The molecule has 0 saturated heterocycles. The maximum atomic E-state index is 12.0. The summed E-state index contributed by atoms with van der Waals surface area (Å²) < 4.78 is 5.21. The van der Waals surface area contributed by atoms with E-state index >= 15 is 0 Å². The van der Waals surface area contributed by atoms with Crippen molar-refractivity contribution in [3.05, 3.63) is 68.5 Å². The summed E-state index contributed by atoms with van der Waals surface area (Å²) in [6, 6.07) is 11.3. The third-order valence-corrected chi connectivity index (χ3v) is 3.53. The van der Waals surface area contributed by atoms with E-state index in [0.717, 1.165) is 0 Å². The Labute approximate surface area is 136 Å². The molecule has 0 radical (unpaired) electrons. The van der Waals surface area contributed by atoms with Crippen molar-refractivity contribution in [3.8, 4) is 5.75 Å². The van der Waals surface area contributed by atoms with Gasteiger partial charge in [-0.3, -0.25) is 19.9 Å². The highest BCUT2D eigenvalue weighted by Crippen LogP contribution is 2.24. The molecule has 1 aromatic heterocycles. The quantitative estimate of drug-likeness (QED) is 0.550. The molecule has 8 heteroatoms. The Bertz CT molecular complexity index is 968. The minimum atomic E-state index is -0.473. The summed E-state index contributed by atoms with van der Waals surface area (Å²) in [5.41, 5.74) is 0.860. The molecule has 24 heavy (non-hydrogen) atoms. The van der Waals surface area contributed by atoms with Gasteiger partial charge in [-0.2, -0.15) is 0 Å². The van der Waals surface area contributed by atoms with E-state index in [1.807, 2.05) is 0 Å². The Hall–Kier alpha value is -3.42. The highest BCUT2D eigenvalue weighted by atomic mass is 16.6. The number of non-ortho nitro benzene ring substituents is 1. The lowest BCUT2D eigenvalue weighted by molar-refractivity contribution is -0.384. The number of aromatic amines is 1. The number of anilines is 1. The first kappa shape index (κ1) is 15.5. The molecule has 0 unspecified atom stereocenters. The van der Waals surface area contributed by atoms with Crippen LogP contribution in [0.25, 0.3) is 10.9 Å². The van der Waals surface area contributed by atoms with Crippen molar-refractivity contribution in [3.63, 3.8) is 0 Å². The lowest BCUT2D eigenvalue weighted by atomic mass is 10.1. The smallest absolute Gasteiger partial charge is 0.270 e. The molecule has 0 fully saturated rings. The number of nitro benzene ring substituents is 1. The molecule has 2 aromatic carbocycles. The van der Waals surface area contributed by atoms with Gasteiger partial charge in [-0.1, -0.05) is 12.1 Å². The van der Waals surface area contributed by atoms with E-state index in [0.29, 0.717) is 22.2 Å². The molecule has 122 valence electrons. The normalized spacial score (nSPS) is 10.5. The first-order valence-corrected chi connectivity index (χ1v) is 7.12. The molecule has 8 nitrogen and oxygen atoms in total. The Morgan fingerprint density at radius 1 is 1.29 bits per heavy atom. The molecule has 0 aliphatic heterocycles. The first-order valence-electron chi connectivity index (χ1n) is 7.12. The van der Waals surface area contributed by atoms with Crippen LogP contribution in [0.5, 0.6) is 5.75 Å². The number of benzene rings is 2. The first-order chi connectivity index (χ1) is 11.6. The van der Waals surface area contributed by atoms with Crippen LogP contribution in [0.1, 0.15) is 5.56 Å². The fourth-order valence-electron chi connectivity index (χ4n) is 2.37. The molecule has 0 aliphatic rings. The topological polar surface area (TPSA) is 110 Å². The van der Waals surface area contributed by atoms with Gasteiger partial charge in [0.1, 0.15) is 5.75 Å². The summed E-state index contributed by atoms with van der Waals surface area (Å²) in [5, 5.41) is 14.4. The van der Waals surface area contributed by atoms with Crippen molar-refractivity contribution in [2.45, 2.75) is 6.54 Å². The molecule has 0 aliphatic carbocycles. The summed E-state index contributed by atoms with van der Waals surface area (Å²) in [4.78, 5) is 29.4. The van der Waals surface area contributed by atoms with Crippen LogP contribution >= 0.6 is 0 Å². The van der Waals surface area contributed by atoms with Gasteiger partial charge in [0.05, 0.1) is 22.9 Å². The van der Waals surface area contributed by atoms with Gasteiger partial charge in [0.25, 0.3) is 11.2 Å². The van der Waals surface area contributed by atoms with E-state index < -0.39 is 4.92 Å². The van der Waals surface area contributed by atoms with Crippen LogP contribution in [0.4, 0.5) is 11.6 Å². The second-order valence-electron chi connectivity index (χ2n) is 5.04. The Balaban J connectivity index is 1.89. The van der Waals surface area contributed by atoms with Gasteiger partial charge in [-0.15, -0.1) is 0 Å². The number of nitrogens with one attached hydrogen (secondary N) is 2. The third-order valence-electron chi connectivity index (χ3n) is 3.53. The van der Waals surface area contributed by atoms with Crippen LogP contribution in [0, 0.1) is 10.1 Å². The van der Waals surface area contributed by atoms with Crippen LogP contribution in [0.2, 0.25) is 0 Å². The summed E-state index contributed by atoms with van der Waals surface area (Å²) in [7, 11) is 1.49. The number of nitro groups is 1. The lowest BCUT2D eigenvalue weighted by Gasteiger charge is -2.10. The standard InChI is InChI=1S/C16H14N4O4/c1-24-14-7-6-11(20(22)23)8-10(14)9-17-16-18-13-5-3-2-4-12(13)15(21)19-16/h2-8H,9H2,1H3,(H2,17,18,19,21). The fraction of sp³-hybridized carbons (Fsp3) is 0.125. The van der Waals surface area contributed by atoms with Crippen molar-refractivity contribution >= 4 is 22.5 Å². The molecule has 3 rings (SSSR count). The van der Waals surface area contributed by atoms with E-state index in [1.165, 1.54) is 25.3 Å². The van der Waals surface area contributed by atoms with Crippen LogP contribution in [0.15, 0.2) is 47.3 Å². The molecule has 2 N–H and O–H groups in total. The zero-order chi connectivity index (χ0) is 17.1. The maximum Gasteiger partial charge on any atom is 0.270 e. The molecule has 1 heterocycles. The van der Waals surface area contributed by atoms with Crippen molar-refractivity contribution < 1.29 is 9.66 Å². The van der Waals surface area contributed by atoms with E-state index in [4.69, 9.17) is 4.74 Å². The lowest BCUT2D eigenvalue weighted by Crippen LogP contribution is -2.13. The van der Waals surface area contributed by atoms with E-state index in [1.54, 1.807) is 24.3 Å². The Kier molecular flexibility index (Phi) is 4.11. The van der Waals surface area contributed by atoms with Crippen LogP contribution in [0.3, 0.4) is 0 Å². The van der Waals surface area contributed by atoms with Crippen molar-refractivity contribution in [1.29, 1.82) is 0 Å². The van der Waals surface area contributed by atoms with Crippen LogP contribution in [-0.4, -0.2) is 22.0 Å². The van der Waals surface area contributed by atoms with E-state index in [9.17, 15) is 14.9 Å². The molecule has 0 bridgehead atoms. The molecule has 0 saturated carbocycles. The van der Waals surface area contributed by atoms with Crippen molar-refractivity contribution in [2.24, 2.45) is 0 Å². The van der Waals surface area contributed by atoms with Gasteiger partial charge >= 0.3 is 0 Å². The highest BCUT2D eigenvalue weighted by Gasteiger charge is 2.12. The molecule has 0 atom stereocenters. The molecular weight excluding hydrogens is 312 g/mol. The minimum Gasteiger partial charge on any atom is -0.496 e. The fourth-order valence-corrected chi connectivity index (χ4v) is 2.37. The van der Waals surface area contributed by atoms with Gasteiger partial charge in [0.2, 0.25) is 5.95 Å². The maximum absolute atomic E-state index is 12.0. The summed E-state index contributed by atoms with van der Waals surface area (Å²) in [6.07, 6.45) is 0. The number of fused-ring (bicyclic) bond motifs is 1. The number of para-hydroxylation sites is 1. The van der Waals surface area contributed by atoms with Gasteiger partial charge in [0, 0.05) is 24.2 Å². The number of nitrogens with zero attached hydrogens (tertiary/aromatic N) is 2. The monoisotopic (exact) mass is 326 g/mol.